The Labute approximate surface area is 186 Å². The van der Waals surface area contributed by atoms with Crippen molar-refractivity contribution in [2.24, 2.45) is 0 Å². The van der Waals surface area contributed by atoms with Crippen LogP contribution in [0.1, 0.15) is 21.7 Å². The largest absolute Gasteiger partial charge is 0.405 e. The van der Waals surface area contributed by atoms with Gasteiger partial charge in [-0.2, -0.15) is 13.2 Å². The number of halogens is 5. The highest BCUT2D eigenvalue weighted by Crippen LogP contribution is 2.25. The smallest absolute Gasteiger partial charge is 0.350 e. The first-order valence-electron chi connectivity index (χ1n) is 9.19. The van der Waals surface area contributed by atoms with Crippen LogP contribution >= 0.6 is 24.8 Å². The SMILES string of the molecule is Cc1cc(C(=O)NCC(N2CCNCC2)C(F)(F)F)c(C)n1-c1ccccn1.Cl.Cl. The summed E-state index contributed by atoms with van der Waals surface area (Å²) >= 11 is 0. The van der Waals surface area contributed by atoms with Crippen LogP contribution in [0.4, 0.5) is 13.2 Å². The summed E-state index contributed by atoms with van der Waals surface area (Å²) in [5.41, 5.74) is 1.78. The molecular formula is C19H26Cl2F3N5O. The van der Waals surface area contributed by atoms with Crippen molar-refractivity contribution < 1.29 is 18.0 Å². The lowest BCUT2D eigenvalue weighted by molar-refractivity contribution is -0.183. The van der Waals surface area contributed by atoms with E-state index >= 15 is 0 Å². The lowest BCUT2D eigenvalue weighted by atomic mass is 10.2. The van der Waals surface area contributed by atoms with Gasteiger partial charge in [-0.3, -0.25) is 9.69 Å². The zero-order valence-electron chi connectivity index (χ0n) is 16.7. The summed E-state index contributed by atoms with van der Waals surface area (Å²) in [5.74, 6) is 0.144. The summed E-state index contributed by atoms with van der Waals surface area (Å²) in [5, 5.41) is 5.52. The van der Waals surface area contributed by atoms with Crippen molar-refractivity contribution in [1.82, 2.24) is 25.1 Å². The molecule has 0 bridgehead atoms. The van der Waals surface area contributed by atoms with Gasteiger partial charge in [0.05, 0.1) is 5.56 Å². The van der Waals surface area contributed by atoms with Gasteiger partial charge in [-0.05, 0) is 32.0 Å². The molecule has 0 aliphatic carbocycles. The zero-order chi connectivity index (χ0) is 20.3. The van der Waals surface area contributed by atoms with Gasteiger partial charge in [-0.1, -0.05) is 6.07 Å². The first kappa shape index (κ1) is 26.2. The maximum absolute atomic E-state index is 13.5. The predicted molar refractivity (Wildman–Crippen MR) is 114 cm³/mol. The van der Waals surface area contributed by atoms with Gasteiger partial charge in [-0.15, -0.1) is 24.8 Å². The molecule has 1 fully saturated rings. The van der Waals surface area contributed by atoms with E-state index < -0.39 is 24.7 Å². The van der Waals surface area contributed by atoms with Crippen LogP contribution in [0.2, 0.25) is 0 Å². The highest BCUT2D eigenvalue weighted by molar-refractivity contribution is 5.95. The minimum absolute atomic E-state index is 0. The maximum Gasteiger partial charge on any atom is 0.405 e. The molecule has 0 spiro atoms. The number of nitrogens with one attached hydrogen (secondary N) is 2. The van der Waals surface area contributed by atoms with E-state index in [0.29, 0.717) is 43.3 Å². The van der Waals surface area contributed by atoms with E-state index in [1.807, 2.05) is 23.6 Å². The predicted octanol–water partition coefficient (Wildman–Crippen LogP) is 2.90. The monoisotopic (exact) mass is 467 g/mol. The van der Waals surface area contributed by atoms with Crippen molar-refractivity contribution in [3.63, 3.8) is 0 Å². The van der Waals surface area contributed by atoms with Crippen molar-refractivity contribution >= 4 is 30.7 Å². The van der Waals surface area contributed by atoms with Gasteiger partial charge in [0.1, 0.15) is 11.9 Å². The zero-order valence-corrected chi connectivity index (χ0v) is 18.3. The number of carbonyl (C=O) groups is 1. The third-order valence-electron chi connectivity index (χ3n) is 4.98. The Morgan fingerprint density at radius 3 is 2.47 bits per heavy atom. The first-order chi connectivity index (χ1) is 13.3. The number of amides is 1. The van der Waals surface area contributed by atoms with Crippen LogP contribution < -0.4 is 10.6 Å². The van der Waals surface area contributed by atoms with Gasteiger partial charge in [0, 0.05) is 50.3 Å². The summed E-state index contributed by atoms with van der Waals surface area (Å²) in [6.45, 7) is 4.72. The number of alkyl halides is 3. The Kier molecular flexibility index (Phi) is 9.61. The van der Waals surface area contributed by atoms with Crippen LogP contribution in [0.3, 0.4) is 0 Å². The molecule has 1 atom stereocenters. The van der Waals surface area contributed by atoms with E-state index in [2.05, 4.69) is 15.6 Å². The summed E-state index contributed by atoms with van der Waals surface area (Å²) in [4.78, 5) is 18.3. The van der Waals surface area contributed by atoms with Crippen LogP contribution in [-0.4, -0.2) is 65.3 Å². The van der Waals surface area contributed by atoms with Crippen molar-refractivity contribution in [3.05, 3.63) is 47.4 Å². The second-order valence-corrected chi connectivity index (χ2v) is 6.86. The van der Waals surface area contributed by atoms with Crippen LogP contribution in [0.15, 0.2) is 30.5 Å². The highest BCUT2D eigenvalue weighted by atomic mass is 35.5. The summed E-state index contributed by atoms with van der Waals surface area (Å²) in [6.07, 6.45) is -2.76. The van der Waals surface area contributed by atoms with Crippen molar-refractivity contribution in [3.8, 4) is 5.82 Å². The van der Waals surface area contributed by atoms with Gasteiger partial charge in [0.15, 0.2) is 0 Å². The summed E-state index contributed by atoms with van der Waals surface area (Å²) in [6, 6.07) is 5.41. The fourth-order valence-corrected chi connectivity index (χ4v) is 3.56. The van der Waals surface area contributed by atoms with E-state index in [4.69, 9.17) is 0 Å². The number of rotatable bonds is 5. The molecule has 1 unspecified atom stereocenters. The van der Waals surface area contributed by atoms with E-state index in [9.17, 15) is 18.0 Å². The van der Waals surface area contributed by atoms with Gasteiger partial charge >= 0.3 is 6.18 Å². The molecule has 1 saturated heterocycles. The molecule has 1 aliphatic rings. The Morgan fingerprint density at radius 1 is 1.23 bits per heavy atom. The highest BCUT2D eigenvalue weighted by Gasteiger charge is 2.43. The van der Waals surface area contributed by atoms with Gasteiger partial charge < -0.3 is 15.2 Å². The van der Waals surface area contributed by atoms with Gasteiger partial charge in [-0.25, -0.2) is 4.98 Å². The molecule has 11 heteroatoms. The Morgan fingerprint density at radius 2 is 1.90 bits per heavy atom. The third-order valence-corrected chi connectivity index (χ3v) is 4.98. The Hall–Kier alpha value is -1.81. The maximum atomic E-state index is 13.5. The van der Waals surface area contributed by atoms with Gasteiger partial charge in [0.25, 0.3) is 5.91 Å². The molecule has 30 heavy (non-hydrogen) atoms. The molecule has 1 aliphatic heterocycles. The quantitative estimate of drug-likeness (QED) is 0.709. The molecule has 168 valence electrons. The molecule has 1 amide bonds. The molecule has 2 N–H and O–H groups in total. The number of aryl methyl sites for hydroxylation is 1. The number of carbonyl (C=O) groups excluding carboxylic acids is 1. The second-order valence-electron chi connectivity index (χ2n) is 6.86. The molecule has 0 radical (unpaired) electrons. The van der Waals surface area contributed by atoms with Crippen LogP contribution in [0.5, 0.6) is 0 Å². The van der Waals surface area contributed by atoms with E-state index in [1.165, 1.54) is 4.90 Å². The molecule has 3 rings (SSSR count). The van der Waals surface area contributed by atoms with Crippen molar-refractivity contribution in [2.75, 3.05) is 32.7 Å². The first-order valence-corrected chi connectivity index (χ1v) is 9.19. The lowest BCUT2D eigenvalue weighted by Crippen LogP contribution is -2.57. The Bertz CT molecular complexity index is 824. The van der Waals surface area contributed by atoms with E-state index in [0.717, 1.165) is 5.69 Å². The number of hydrogen-bond donors (Lipinski definition) is 2. The van der Waals surface area contributed by atoms with Gasteiger partial charge in [0.2, 0.25) is 0 Å². The average molecular weight is 468 g/mol. The average Bonchev–Trinajstić information content (AvgIpc) is 2.96. The fraction of sp³-hybridized carbons (Fsp3) is 0.474. The van der Waals surface area contributed by atoms with Crippen LogP contribution in [-0.2, 0) is 0 Å². The number of hydrogen-bond acceptors (Lipinski definition) is 4. The third kappa shape index (κ3) is 5.87. The molecular weight excluding hydrogens is 442 g/mol. The lowest BCUT2D eigenvalue weighted by Gasteiger charge is -2.35. The normalized spacial score (nSPS) is 15.6. The van der Waals surface area contributed by atoms with E-state index in [-0.39, 0.29) is 24.8 Å². The summed E-state index contributed by atoms with van der Waals surface area (Å²) in [7, 11) is 0. The standard InChI is InChI=1S/C19H24F3N5O.2ClH/c1-13-11-15(14(2)27(13)17-5-3-4-6-24-17)18(28)25-12-16(19(20,21)22)26-9-7-23-8-10-26;;/h3-6,11,16,23H,7-10,12H2,1-2H3,(H,25,28);2*1H. The van der Waals surface area contributed by atoms with Crippen molar-refractivity contribution in [1.29, 1.82) is 0 Å². The Balaban J connectivity index is 0.00000225. The molecule has 2 aromatic rings. The minimum Gasteiger partial charge on any atom is -0.350 e. The molecule has 0 saturated carbocycles. The topological polar surface area (TPSA) is 62.2 Å². The number of aromatic nitrogens is 2. The fourth-order valence-electron chi connectivity index (χ4n) is 3.56. The number of piperazine rings is 1. The molecule has 6 nitrogen and oxygen atoms in total. The second kappa shape index (κ2) is 11.0. The number of pyridine rings is 1. The minimum atomic E-state index is -4.41. The van der Waals surface area contributed by atoms with Crippen molar-refractivity contribution in [2.45, 2.75) is 26.1 Å². The van der Waals surface area contributed by atoms with E-state index in [1.54, 1.807) is 25.3 Å². The molecule has 0 aromatic carbocycles. The number of nitrogens with zero attached hydrogens (tertiary/aromatic N) is 3. The van der Waals surface area contributed by atoms with Crippen LogP contribution in [0.25, 0.3) is 5.82 Å². The molecule has 2 aromatic heterocycles. The van der Waals surface area contributed by atoms with Crippen LogP contribution in [0, 0.1) is 13.8 Å². The molecule has 3 heterocycles. The summed E-state index contributed by atoms with van der Waals surface area (Å²) < 4.78 is 42.3.